The molecule has 5 nitrogen and oxygen atoms in total. The minimum Gasteiger partial charge on any atom is -0.490 e. The molecule has 6 heteroatoms. The van der Waals surface area contributed by atoms with Gasteiger partial charge in [-0.3, -0.25) is 4.79 Å². The Bertz CT molecular complexity index is 883. The van der Waals surface area contributed by atoms with Gasteiger partial charge in [0, 0.05) is 48.7 Å². The zero-order chi connectivity index (χ0) is 17.2. The molecule has 0 aliphatic carbocycles. The summed E-state index contributed by atoms with van der Waals surface area (Å²) in [6, 6.07) is 11.2. The average Bonchev–Trinajstić information content (AvgIpc) is 3.08. The molecule has 25 heavy (non-hydrogen) atoms. The fourth-order valence-electron chi connectivity index (χ4n) is 3.19. The summed E-state index contributed by atoms with van der Waals surface area (Å²) in [6.07, 6.45) is 5.21. The summed E-state index contributed by atoms with van der Waals surface area (Å²) in [5, 5.41) is 1.56. The quantitative estimate of drug-likeness (QED) is 0.775. The first-order valence-electron chi connectivity index (χ1n) is 8.34. The minimum absolute atomic E-state index is 0.0455. The number of carbonyl (C=O) groups is 1. The number of pyridine rings is 1. The van der Waals surface area contributed by atoms with Crippen LogP contribution in [-0.4, -0.2) is 40.0 Å². The van der Waals surface area contributed by atoms with E-state index in [0.29, 0.717) is 23.7 Å². The number of hydrogen-bond acceptors (Lipinski definition) is 3. The number of fused-ring (bicyclic) bond motifs is 1. The Morgan fingerprint density at radius 1 is 1.20 bits per heavy atom. The highest BCUT2D eigenvalue weighted by Crippen LogP contribution is 2.23. The Hall–Kier alpha value is -2.53. The summed E-state index contributed by atoms with van der Waals surface area (Å²) in [7, 11) is 0. The number of hydrogen-bond donors (Lipinski definition) is 1. The van der Waals surface area contributed by atoms with Gasteiger partial charge in [0.15, 0.2) is 0 Å². The standard InChI is InChI=1S/C19H18ClN3O2/c20-13-3-5-14(6-4-13)25-15-7-10-23(11-8-15)19(24)17-12-22-18-16(17)2-1-9-21-18/h1-6,9,12,15H,7-8,10-11H2,(H,21,22). The maximum Gasteiger partial charge on any atom is 0.256 e. The van der Waals surface area contributed by atoms with E-state index in [9.17, 15) is 4.79 Å². The molecule has 1 N–H and O–H groups in total. The van der Waals surface area contributed by atoms with Crippen molar-refractivity contribution in [3.63, 3.8) is 0 Å². The zero-order valence-electron chi connectivity index (χ0n) is 13.6. The molecule has 3 aromatic rings. The molecule has 0 unspecified atom stereocenters. The van der Waals surface area contributed by atoms with Gasteiger partial charge in [0.2, 0.25) is 0 Å². The molecule has 1 aliphatic rings. The average molecular weight is 356 g/mol. The zero-order valence-corrected chi connectivity index (χ0v) is 14.4. The maximum absolute atomic E-state index is 12.8. The van der Waals surface area contributed by atoms with Gasteiger partial charge in [-0.15, -0.1) is 0 Å². The molecule has 2 aromatic heterocycles. The van der Waals surface area contributed by atoms with Crippen LogP contribution in [0, 0.1) is 0 Å². The van der Waals surface area contributed by atoms with Crippen molar-refractivity contribution in [2.45, 2.75) is 18.9 Å². The van der Waals surface area contributed by atoms with Crippen molar-refractivity contribution < 1.29 is 9.53 Å². The number of piperidine rings is 1. The molecule has 0 radical (unpaired) electrons. The first kappa shape index (κ1) is 16.0. The lowest BCUT2D eigenvalue weighted by Gasteiger charge is -2.32. The number of carbonyl (C=O) groups excluding carboxylic acids is 1. The van der Waals surface area contributed by atoms with Crippen LogP contribution >= 0.6 is 11.6 Å². The van der Waals surface area contributed by atoms with Gasteiger partial charge < -0.3 is 14.6 Å². The molecule has 0 spiro atoms. The van der Waals surface area contributed by atoms with Crippen LogP contribution in [0.3, 0.4) is 0 Å². The van der Waals surface area contributed by atoms with Crippen LogP contribution in [0.1, 0.15) is 23.2 Å². The van der Waals surface area contributed by atoms with Crippen molar-refractivity contribution in [3.05, 3.63) is 59.4 Å². The Morgan fingerprint density at radius 3 is 2.72 bits per heavy atom. The number of halogens is 1. The van der Waals surface area contributed by atoms with E-state index in [1.54, 1.807) is 12.4 Å². The second kappa shape index (κ2) is 6.76. The lowest BCUT2D eigenvalue weighted by atomic mass is 10.1. The Balaban J connectivity index is 1.39. The highest BCUT2D eigenvalue weighted by Gasteiger charge is 2.26. The molecule has 1 saturated heterocycles. The van der Waals surface area contributed by atoms with Crippen molar-refractivity contribution in [3.8, 4) is 5.75 Å². The van der Waals surface area contributed by atoms with Crippen molar-refractivity contribution in [1.29, 1.82) is 0 Å². The van der Waals surface area contributed by atoms with Crippen molar-refractivity contribution in [2.24, 2.45) is 0 Å². The van der Waals surface area contributed by atoms with E-state index >= 15 is 0 Å². The van der Waals surface area contributed by atoms with Gasteiger partial charge in [0.1, 0.15) is 17.5 Å². The van der Waals surface area contributed by atoms with Gasteiger partial charge in [-0.25, -0.2) is 4.98 Å². The Kier molecular flexibility index (Phi) is 4.32. The van der Waals surface area contributed by atoms with Crippen LogP contribution in [0.5, 0.6) is 5.75 Å². The molecule has 1 fully saturated rings. The van der Waals surface area contributed by atoms with Crippen molar-refractivity contribution >= 4 is 28.5 Å². The predicted molar refractivity (Wildman–Crippen MR) is 97.1 cm³/mol. The molecule has 0 bridgehead atoms. The number of ether oxygens (including phenoxy) is 1. The summed E-state index contributed by atoms with van der Waals surface area (Å²) in [5.74, 6) is 0.862. The number of nitrogens with one attached hydrogen (secondary N) is 1. The third kappa shape index (κ3) is 3.33. The maximum atomic E-state index is 12.8. The molecular formula is C19H18ClN3O2. The number of nitrogens with zero attached hydrogens (tertiary/aromatic N) is 2. The third-order valence-corrected chi connectivity index (χ3v) is 4.78. The number of rotatable bonds is 3. The largest absolute Gasteiger partial charge is 0.490 e. The van der Waals surface area contributed by atoms with Crippen LogP contribution in [0.15, 0.2) is 48.8 Å². The molecule has 1 amide bonds. The number of aromatic amines is 1. The molecule has 3 heterocycles. The Labute approximate surface area is 150 Å². The van der Waals surface area contributed by atoms with Crippen LogP contribution in [0.2, 0.25) is 5.02 Å². The number of benzene rings is 1. The number of likely N-dealkylation sites (tertiary alicyclic amines) is 1. The lowest BCUT2D eigenvalue weighted by molar-refractivity contribution is 0.0597. The monoisotopic (exact) mass is 355 g/mol. The summed E-state index contributed by atoms with van der Waals surface area (Å²) in [6.45, 7) is 1.37. The highest BCUT2D eigenvalue weighted by molar-refractivity contribution is 6.30. The fraction of sp³-hybridized carbons (Fsp3) is 0.263. The van der Waals surface area contributed by atoms with E-state index < -0.39 is 0 Å². The van der Waals surface area contributed by atoms with E-state index in [1.165, 1.54) is 0 Å². The highest BCUT2D eigenvalue weighted by atomic mass is 35.5. The summed E-state index contributed by atoms with van der Waals surface area (Å²) >= 11 is 5.89. The van der Waals surface area contributed by atoms with Crippen LogP contribution < -0.4 is 4.74 Å². The number of amides is 1. The van der Waals surface area contributed by atoms with Crippen molar-refractivity contribution in [2.75, 3.05) is 13.1 Å². The fourth-order valence-corrected chi connectivity index (χ4v) is 3.31. The van der Waals surface area contributed by atoms with Gasteiger partial charge in [-0.05, 0) is 36.4 Å². The smallest absolute Gasteiger partial charge is 0.256 e. The number of aromatic nitrogens is 2. The molecule has 0 saturated carbocycles. The second-order valence-corrected chi connectivity index (χ2v) is 6.60. The first-order valence-corrected chi connectivity index (χ1v) is 8.72. The number of H-pyrrole nitrogens is 1. The molecule has 0 atom stereocenters. The summed E-state index contributed by atoms with van der Waals surface area (Å²) < 4.78 is 5.99. The van der Waals surface area contributed by atoms with E-state index in [2.05, 4.69) is 9.97 Å². The van der Waals surface area contributed by atoms with Gasteiger partial charge >= 0.3 is 0 Å². The third-order valence-electron chi connectivity index (χ3n) is 4.53. The molecule has 4 rings (SSSR count). The topological polar surface area (TPSA) is 58.2 Å². The van der Waals surface area contributed by atoms with Gasteiger partial charge in [-0.1, -0.05) is 11.6 Å². The molecule has 1 aliphatic heterocycles. The summed E-state index contributed by atoms with van der Waals surface area (Å²) in [4.78, 5) is 22.0. The van der Waals surface area contributed by atoms with E-state index in [4.69, 9.17) is 16.3 Å². The molecule has 1 aromatic carbocycles. The predicted octanol–water partition coefficient (Wildman–Crippen LogP) is 3.90. The molecular weight excluding hydrogens is 338 g/mol. The normalized spacial score (nSPS) is 15.5. The first-order chi connectivity index (χ1) is 12.2. The van der Waals surface area contributed by atoms with E-state index in [0.717, 1.165) is 29.6 Å². The van der Waals surface area contributed by atoms with E-state index in [1.807, 2.05) is 41.3 Å². The SMILES string of the molecule is O=C(c1c[nH]c2ncccc12)N1CCC(Oc2ccc(Cl)cc2)CC1. The lowest BCUT2D eigenvalue weighted by Crippen LogP contribution is -2.41. The minimum atomic E-state index is 0.0455. The van der Waals surface area contributed by atoms with Crippen LogP contribution in [0.4, 0.5) is 0 Å². The van der Waals surface area contributed by atoms with Gasteiger partial charge in [0.25, 0.3) is 5.91 Å². The Morgan fingerprint density at radius 2 is 1.96 bits per heavy atom. The van der Waals surface area contributed by atoms with Crippen LogP contribution in [0.25, 0.3) is 11.0 Å². The molecule has 128 valence electrons. The van der Waals surface area contributed by atoms with Crippen LogP contribution in [-0.2, 0) is 0 Å². The summed E-state index contributed by atoms with van der Waals surface area (Å²) in [5.41, 5.74) is 1.42. The van der Waals surface area contributed by atoms with Gasteiger partial charge in [0.05, 0.1) is 5.56 Å². The van der Waals surface area contributed by atoms with E-state index in [-0.39, 0.29) is 12.0 Å². The van der Waals surface area contributed by atoms with Gasteiger partial charge in [-0.2, -0.15) is 0 Å². The van der Waals surface area contributed by atoms with Crippen molar-refractivity contribution in [1.82, 2.24) is 14.9 Å². The second-order valence-electron chi connectivity index (χ2n) is 6.17.